The van der Waals surface area contributed by atoms with E-state index in [2.05, 4.69) is 9.97 Å². The van der Waals surface area contributed by atoms with Crippen LogP contribution >= 0.6 is 0 Å². The van der Waals surface area contributed by atoms with Gasteiger partial charge in [-0.05, 0) is 12.1 Å². The number of ether oxygens (including phenoxy) is 2. The van der Waals surface area contributed by atoms with Gasteiger partial charge in [0.05, 0.1) is 38.1 Å². The molecule has 1 fully saturated rings. The van der Waals surface area contributed by atoms with Crippen molar-refractivity contribution in [1.29, 1.82) is 0 Å². The molecule has 1 aromatic carbocycles. The molecule has 0 radical (unpaired) electrons. The molecule has 23 heavy (non-hydrogen) atoms. The van der Waals surface area contributed by atoms with Gasteiger partial charge in [-0.1, -0.05) is 18.2 Å². The van der Waals surface area contributed by atoms with Crippen LogP contribution in [0.1, 0.15) is 18.2 Å². The molecule has 1 saturated heterocycles. The van der Waals surface area contributed by atoms with Crippen LogP contribution in [0.3, 0.4) is 0 Å². The summed E-state index contributed by atoms with van der Waals surface area (Å²) in [6, 6.07) is 9.50. The van der Waals surface area contributed by atoms with E-state index in [1.165, 1.54) is 0 Å². The van der Waals surface area contributed by atoms with Gasteiger partial charge in [-0.15, -0.1) is 0 Å². The number of para-hydroxylation sites is 1. The van der Waals surface area contributed by atoms with Crippen molar-refractivity contribution in [3.8, 4) is 5.75 Å². The standard InChI is InChI=1S/C17H19N3O3/c21-17(6-10-22-14-4-2-1-3-5-14)20-9-11-23-16(13-20)15-12-18-7-8-19-15/h1-5,7-8,12,16H,6,9-11,13H2. The molecule has 1 aliphatic heterocycles. The van der Waals surface area contributed by atoms with Crippen molar-refractivity contribution < 1.29 is 14.3 Å². The van der Waals surface area contributed by atoms with E-state index in [1.54, 1.807) is 23.5 Å². The second-order valence-corrected chi connectivity index (χ2v) is 5.24. The fraction of sp³-hybridized carbons (Fsp3) is 0.353. The normalized spacial score (nSPS) is 17.7. The summed E-state index contributed by atoms with van der Waals surface area (Å²) in [6.07, 6.45) is 5.07. The maximum Gasteiger partial charge on any atom is 0.226 e. The molecule has 6 heteroatoms. The quantitative estimate of drug-likeness (QED) is 0.843. The van der Waals surface area contributed by atoms with Gasteiger partial charge in [0.25, 0.3) is 0 Å². The van der Waals surface area contributed by atoms with Gasteiger partial charge < -0.3 is 14.4 Å². The largest absolute Gasteiger partial charge is 0.493 e. The number of benzene rings is 1. The lowest BCUT2D eigenvalue weighted by atomic mass is 10.2. The highest BCUT2D eigenvalue weighted by atomic mass is 16.5. The summed E-state index contributed by atoms with van der Waals surface area (Å²) < 4.78 is 11.3. The molecule has 2 aromatic rings. The van der Waals surface area contributed by atoms with E-state index in [4.69, 9.17) is 9.47 Å². The number of aromatic nitrogens is 2. The van der Waals surface area contributed by atoms with Crippen LogP contribution < -0.4 is 4.74 Å². The van der Waals surface area contributed by atoms with E-state index in [1.807, 2.05) is 30.3 Å². The van der Waals surface area contributed by atoms with Gasteiger partial charge in [0, 0.05) is 18.9 Å². The average molecular weight is 313 g/mol. The lowest BCUT2D eigenvalue weighted by Gasteiger charge is -2.32. The minimum atomic E-state index is -0.212. The fourth-order valence-electron chi connectivity index (χ4n) is 2.46. The number of amides is 1. The number of morpholine rings is 1. The van der Waals surface area contributed by atoms with Crippen molar-refractivity contribution in [2.75, 3.05) is 26.3 Å². The first-order chi connectivity index (χ1) is 11.3. The van der Waals surface area contributed by atoms with Crippen molar-refractivity contribution in [2.45, 2.75) is 12.5 Å². The van der Waals surface area contributed by atoms with Crippen LogP contribution in [-0.4, -0.2) is 47.1 Å². The van der Waals surface area contributed by atoms with E-state index >= 15 is 0 Å². The third-order valence-electron chi connectivity index (χ3n) is 3.66. The van der Waals surface area contributed by atoms with Crippen LogP contribution in [0.4, 0.5) is 0 Å². The first-order valence-electron chi connectivity index (χ1n) is 7.66. The zero-order valence-electron chi connectivity index (χ0n) is 12.8. The minimum Gasteiger partial charge on any atom is -0.493 e. The second-order valence-electron chi connectivity index (χ2n) is 5.24. The number of rotatable bonds is 5. The molecule has 1 amide bonds. The van der Waals surface area contributed by atoms with Gasteiger partial charge in [-0.25, -0.2) is 0 Å². The summed E-state index contributed by atoms with van der Waals surface area (Å²) in [6.45, 7) is 1.98. The average Bonchev–Trinajstić information content (AvgIpc) is 2.63. The van der Waals surface area contributed by atoms with Gasteiger partial charge in [-0.3, -0.25) is 14.8 Å². The Bertz CT molecular complexity index is 621. The van der Waals surface area contributed by atoms with Crippen molar-refractivity contribution in [3.63, 3.8) is 0 Å². The van der Waals surface area contributed by atoms with E-state index in [0.717, 1.165) is 11.4 Å². The molecular formula is C17H19N3O3. The Morgan fingerprint density at radius 2 is 2.17 bits per heavy atom. The molecule has 1 atom stereocenters. The van der Waals surface area contributed by atoms with Gasteiger partial charge in [0.2, 0.25) is 5.91 Å². The minimum absolute atomic E-state index is 0.0677. The molecular weight excluding hydrogens is 294 g/mol. The maximum atomic E-state index is 12.3. The first kappa shape index (κ1) is 15.4. The highest BCUT2D eigenvalue weighted by Crippen LogP contribution is 2.20. The van der Waals surface area contributed by atoms with Crippen molar-refractivity contribution in [1.82, 2.24) is 14.9 Å². The molecule has 0 spiro atoms. The zero-order valence-corrected chi connectivity index (χ0v) is 12.8. The second kappa shape index (κ2) is 7.69. The van der Waals surface area contributed by atoms with E-state index < -0.39 is 0 Å². The number of hydrogen-bond donors (Lipinski definition) is 0. The topological polar surface area (TPSA) is 64.5 Å². The first-order valence-corrected chi connectivity index (χ1v) is 7.66. The monoisotopic (exact) mass is 313 g/mol. The van der Waals surface area contributed by atoms with E-state index in [0.29, 0.717) is 32.7 Å². The summed E-state index contributed by atoms with van der Waals surface area (Å²) in [5, 5.41) is 0. The smallest absolute Gasteiger partial charge is 0.226 e. The van der Waals surface area contributed by atoms with Crippen molar-refractivity contribution in [3.05, 3.63) is 54.6 Å². The summed E-state index contributed by atoms with van der Waals surface area (Å²) in [5.41, 5.74) is 0.755. The Hall–Kier alpha value is -2.47. The zero-order chi connectivity index (χ0) is 15.9. The summed E-state index contributed by atoms with van der Waals surface area (Å²) in [7, 11) is 0. The number of carbonyl (C=O) groups excluding carboxylic acids is 1. The fourth-order valence-corrected chi connectivity index (χ4v) is 2.46. The molecule has 6 nitrogen and oxygen atoms in total. The molecule has 0 N–H and O–H groups in total. The maximum absolute atomic E-state index is 12.3. The molecule has 0 saturated carbocycles. The van der Waals surface area contributed by atoms with E-state index in [-0.39, 0.29) is 12.0 Å². The van der Waals surface area contributed by atoms with E-state index in [9.17, 15) is 4.79 Å². The predicted molar refractivity (Wildman–Crippen MR) is 83.9 cm³/mol. The van der Waals surface area contributed by atoms with Crippen LogP contribution in [0.5, 0.6) is 5.75 Å². The lowest BCUT2D eigenvalue weighted by Crippen LogP contribution is -2.42. The Labute approximate surface area is 135 Å². The van der Waals surface area contributed by atoms with Crippen LogP contribution in [0.15, 0.2) is 48.9 Å². The summed E-state index contributed by atoms with van der Waals surface area (Å²) in [5.74, 6) is 0.845. The number of carbonyl (C=O) groups is 1. The van der Waals surface area contributed by atoms with Gasteiger partial charge >= 0.3 is 0 Å². The molecule has 3 rings (SSSR count). The Morgan fingerprint density at radius 3 is 2.96 bits per heavy atom. The molecule has 1 aliphatic rings. The van der Waals surface area contributed by atoms with Crippen molar-refractivity contribution in [2.24, 2.45) is 0 Å². The summed E-state index contributed by atoms with van der Waals surface area (Å²) >= 11 is 0. The van der Waals surface area contributed by atoms with Gasteiger partial charge in [-0.2, -0.15) is 0 Å². The molecule has 1 unspecified atom stereocenters. The third-order valence-corrected chi connectivity index (χ3v) is 3.66. The van der Waals surface area contributed by atoms with Crippen LogP contribution in [0.2, 0.25) is 0 Å². The Morgan fingerprint density at radius 1 is 1.30 bits per heavy atom. The van der Waals surface area contributed by atoms with Crippen LogP contribution in [-0.2, 0) is 9.53 Å². The molecule has 120 valence electrons. The van der Waals surface area contributed by atoms with Gasteiger partial charge in [0.15, 0.2) is 0 Å². The highest BCUT2D eigenvalue weighted by Gasteiger charge is 2.26. The predicted octanol–water partition coefficient (Wildman–Crippen LogP) is 1.85. The van der Waals surface area contributed by atoms with Crippen LogP contribution in [0, 0.1) is 0 Å². The Balaban J connectivity index is 1.49. The molecule has 2 heterocycles. The van der Waals surface area contributed by atoms with Crippen molar-refractivity contribution >= 4 is 5.91 Å². The Kier molecular flexibility index (Phi) is 5.16. The SMILES string of the molecule is O=C(CCOc1ccccc1)N1CCOC(c2cnccn2)C1. The molecule has 1 aromatic heterocycles. The molecule has 0 aliphatic carbocycles. The van der Waals surface area contributed by atoms with Gasteiger partial charge in [0.1, 0.15) is 11.9 Å². The number of hydrogen-bond acceptors (Lipinski definition) is 5. The lowest BCUT2D eigenvalue weighted by molar-refractivity contribution is -0.139. The molecule has 0 bridgehead atoms. The summed E-state index contributed by atoms with van der Waals surface area (Å²) in [4.78, 5) is 22.4. The highest BCUT2D eigenvalue weighted by molar-refractivity contribution is 5.76. The number of nitrogens with zero attached hydrogens (tertiary/aromatic N) is 3. The van der Waals surface area contributed by atoms with Crippen LogP contribution in [0.25, 0.3) is 0 Å². The third kappa shape index (κ3) is 4.26.